The van der Waals surface area contributed by atoms with Crippen LogP contribution in [0.4, 0.5) is 5.82 Å². The summed E-state index contributed by atoms with van der Waals surface area (Å²) in [5.41, 5.74) is 0. The van der Waals surface area contributed by atoms with Crippen LogP contribution >= 0.6 is 11.6 Å². The monoisotopic (exact) mass is 234 g/mol. The van der Waals surface area contributed by atoms with Gasteiger partial charge < -0.3 is 5.32 Å². The molecule has 1 aromatic carbocycles. The zero-order chi connectivity index (χ0) is 11.4. The first-order chi connectivity index (χ1) is 7.81. The molecule has 0 amide bonds. The number of pyridine rings is 1. The Morgan fingerprint density at radius 2 is 2.12 bits per heavy atom. The van der Waals surface area contributed by atoms with Crippen molar-refractivity contribution in [3.63, 3.8) is 0 Å². The van der Waals surface area contributed by atoms with Crippen molar-refractivity contribution in [3.8, 4) is 0 Å². The van der Waals surface area contributed by atoms with Crippen LogP contribution in [0.5, 0.6) is 0 Å². The Balaban J connectivity index is 2.23. The normalized spacial score (nSPS) is 12.6. The molecule has 0 radical (unpaired) electrons. The average Bonchev–Trinajstić information content (AvgIpc) is 2.35. The van der Waals surface area contributed by atoms with Crippen molar-refractivity contribution in [3.05, 3.63) is 36.5 Å². The summed E-state index contributed by atoms with van der Waals surface area (Å²) in [6, 6.07) is 10.3. The molecular formula is C13H15ClN2. The fourth-order valence-electron chi connectivity index (χ4n) is 1.59. The third-order valence-corrected chi connectivity index (χ3v) is 3.08. The Kier molecular flexibility index (Phi) is 3.62. The van der Waals surface area contributed by atoms with Crippen LogP contribution in [0, 0.1) is 5.92 Å². The zero-order valence-electron chi connectivity index (χ0n) is 9.28. The maximum Gasteiger partial charge on any atom is 0.133 e. The number of anilines is 1. The summed E-state index contributed by atoms with van der Waals surface area (Å²) in [7, 11) is 0. The topological polar surface area (TPSA) is 24.9 Å². The molecule has 0 saturated heterocycles. The fourth-order valence-corrected chi connectivity index (χ4v) is 1.70. The first-order valence-electron chi connectivity index (χ1n) is 5.45. The highest BCUT2D eigenvalue weighted by Crippen LogP contribution is 2.20. The average molecular weight is 235 g/mol. The molecule has 1 aromatic heterocycles. The molecule has 0 saturated carbocycles. The van der Waals surface area contributed by atoms with Crippen LogP contribution < -0.4 is 5.32 Å². The number of fused-ring (bicyclic) bond motifs is 1. The van der Waals surface area contributed by atoms with E-state index in [4.69, 9.17) is 11.6 Å². The van der Waals surface area contributed by atoms with E-state index in [0.29, 0.717) is 11.8 Å². The Morgan fingerprint density at radius 3 is 2.94 bits per heavy atom. The molecule has 0 fully saturated rings. The molecule has 1 heterocycles. The maximum absolute atomic E-state index is 5.78. The third kappa shape index (κ3) is 2.45. The van der Waals surface area contributed by atoms with Crippen molar-refractivity contribution in [2.45, 2.75) is 6.92 Å². The molecule has 1 atom stereocenters. The van der Waals surface area contributed by atoms with Crippen molar-refractivity contribution in [1.82, 2.24) is 4.98 Å². The van der Waals surface area contributed by atoms with Gasteiger partial charge in [0.15, 0.2) is 0 Å². The molecule has 1 unspecified atom stereocenters. The second kappa shape index (κ2) is 5.17. The van der Waals surface area contributed by atoms with E-state index in [1.54, 1.807) is 0 Å². The molecule has 0 aliphatic carbocycles. The predicted molar refractivity (Wildman–Crippen MR) is 70.1 cm³/mol. The van der Waals surface area contributed by atoms with Gasteiger partial charge in [-0.2, -0.15) is 0 Å². The minimum atomic E-state index is 0.447. The zero-order valence-corrected chi connectivity index (χ0v) is 10.0. The van der Waals surface area contributed by atoms with Crippen molar-refractivity contribution >= 4 is 28.2 Å². The van der Waals surface area contributed by atoms with Gasteiger partial charge in [0.1, 0.15) is 5.82 Å². The van der Waals surface area contributed by atoms with E-state index in [2.05, 4.69) is 29.4 Å². The summed E-state index contributed by atoms with van der Waals surface area (Å²) in [4.78, 5) is 4.36. The summed E-state index contributed by atoms with van der Waals surface area (Å²) < 4.78 is 0. The molecule has 16 heavy (non-hydrogen) atoms. The number of benzene rings is 1. The fraction of sp³-hybridized carbons (Fsp3) is 0.308. The van der Waals surface area contributed by atoms with Crippen LogP contribution in [0.2, 0.25) is 0 Å². The molecule has 2 rings (SSSR count). The maximum atomic E-state index is 5.78. The molecule has 3 heteroatoms. The number of nitrogens with one attached hydrogen (secondary N) is 1. The SMILES string of the molecule is CC(CCl)CNc1nccc2ccccc12. The summed E-state index contributed by atoms with van der Waals surface area (Å²) in [5.74, 6) is 2.05. The van der Waals surface area contributed by atoms with Gasteiger partial charge in [-0.3, -0.25) is 0 Å². The van der Waals surface area contributed by atoms with Gasteiger partial charge >= 0.3 is 0 Å². The number of alkyl halides is 1. The van der Waals surface area contributed by atoms with E-state index in [1.165, 1.54) is 5.39 Å². The number of hydrogen-bond acceptors (Lipinski definition) is 2. The van der Waals surface area contributed by atoms with Crippen LogP contribution in [0.25, 0.3) is 10.8 Å². The van der Waals surface area contributed by atoms with E-state index in [1.807, 2.05) is 24.4 Å². The third-order valence-electron chi connectivity index (χ3n) is 2.56. The molecule has 2 aromatic rings. The van der Waals surface area contributed by atoms with Crippen molar-refractivity contribution in [1.29, 1.82) is 0 Å². The second-order valence-corrected chi connectivity index (χ2v) is 4.33. The van der Waals surface area contributed by atoms with E-state index in [9.17, 15) is 0 Å². The summed E-state index contributed by atoms with van der Waals surface area (Å²) in [6.07, 6.45) is 1.83. The second-order valence-electron chi connectivity index (χ2n) is 4.02. The number of hydrogen-bond donors (Lipinski definition) is 1. The molecule has 2 nitrogen and oxygen atoms in total. The molecule has 0 aliphatic rings. The van der Waals surface area contributed by atoms with Crippen LogP contribution in [0.15, 0.2) is 36.5 Å². The molecule has 0 spiro atoms. The van der Waals surface area contributed by atoms with E-state index < -0.39 is 0 Å². The quantitative estimate of drug-likeness (QED) is 0.819. The van der Waals surface area contributed by atoms with Crippen LogP contribution in [-0.2, 0) is 0 Å². The van der Waals surface area contributed by atoms with Gasteiger partial charge in [0.2, 0.25) is 0 Å². The van der Waals surface area contributed by atoms with Gasteiger partial charge in [-0.05, 0) is 17.4 Å². The Hall–Kier alpha value is -1.28. The van der Waals surface area contributed by atoms with Gasteiger partial charge in [-0.1, -0.05) is 31.2 Å². The smallest absolute Gasteiger partial charge is 0.133 e. The standard InChI is InChI=1S/C13H15ClN2/c1-10(8-14)9-16-13-12-5-3-2-4-11(12)6-7-15-13/h2-7,10H,8-9H2,1H3,(H,15,16). The lowest BCUT2D eigenvalue weighted by Crippen LogP contribution is -2.13. The van der Waals surface area contributed by atoms with Crippen LogP contribution in [0.3, 0.4) is 0 Å². The van der Waals surface area contributed by atoms with Crippen LogP contribution in [-0.4, -0.2) is 17.4 Å². The molecule has 0 aliphatic heterocycles. The van der Waals surface area contributed by atoms with E-state index in [0.717, 1.165) is 17.7 Å². The first kappa shape index (κ1) is 11.2. The molecular weight excluding hydrogens is 220 g/mol. The minimum absolute atomic E-state index is 0.447. The van der Waals surface area contributed by atoms with Gasteiger partial charge in [-0.15, -0.1) is 11.6 Å². The van der Waals surface area contributed by atoms with Crippen molar-refractivity contribution < 1.29 is 0 Å². The number of aromatic nitrogens is 1. The highest BCUT2D eigenvalue weighted by Gasteiger charge is 2.03. The molecule has 1 N–H and O–H groups in total. The lowest BCUT2D eigenvalue weighted by molar-refractivity contribution is 0.695. The largest absolute Gasteiger partial charge is 0.369 e. The summed E-state index contributed by atoms with van der Waals surface area (Å²) >= 11 is 5.78. The Labute approximate surface area is 101 Å². The highest BCUT2D eigenvalue weighted by molar-refractivity contribution is 6.18. The van der Waals surface area contributed by atoms with E-state index >= 15 is 0 Å². The number of nitrogens with zero attached hydrogens (tertiary/aromatic N) is 1. The lowest BCUT2D eigenvalue weighted by Gasteiger charge is -2.11. The Morgan fingerprint density at radius 1 is 1.31 bits per heavy atom. The summed E-state index contributed by atoms with van der Waals surface area (Å²) in [6.45, 7) is 2.97. The van der Waals surface area contributed by atoms with Crippen molar-refractivity contribution in [2.24, 2.45) is 5.92 Å². The summed E-state index contributed by atoms with van der Waals surface area (Å²) in [5, 5.41) is 5.71. The Bertz CT molecular complexity index is 465. The lowest BCUT2D eigenvalue weighted by atomic mass is 10.1. The van der Waals surface area contributed by atoms with Gasteiger partial charge in [0, 0.05) is 24.0 Å². The van der Waals surface area contributed by atoms with Crippen LogP contribution in [0.1, 0.15) is 6.92 Å². The highest BCUT2D eigenvalue weighted by atomic mass is 35.5. The van der Waals surface area contributed by atoms with E-state index in [-0.39, 0.29) is 0 Å². The van der Waals surface area contributed by atoms with Gasteiger partial charge in [0.25, 0.3) is 0 Å². The molecule has 84 valence electrons. The van der Waals surface area contributed by atoms with Crippen molar-refractivity contribution in [2.75, 3.05) is 17.7 Å². The first-order valence-corrected chi connectivity index (χ1v) is 5.98. The number of halogens is 1. The van der Waals surface area contributed by atoms with Gasteiger partial charge in [0.05, 0.1) is 0 Å². The molecule has 0 bridgehead atoms. The minimum Gasteiger partial charge on any atom is -0.369 e. The predicted octanol–water partition coefficient (Wildman–Crippen LogP) is 3.52. The number of rotatable bonds is 4. The van der Waals surface area contributed by atoms with Gasteiger partial charge in [-0.25, -0.2) is 4.98 Å².